The Labute approximate surface area is 165 Å². The van der Waals surface area contributed by atoms with Crippen molar-refractivity contribution in [2.45, 2.75) is 23.8 Å². The van der Waals surface area contributed by atoms with Gasteiger partial charge in [-0.05, 0) is 61.4 Å². The minimum Gasteiger partial charge on any atom is -0.452 e. The fourth-order valence-corrected chi connectivity index (χ4v) is 3.54. The van der Waals surface area contributed by atoms with Crippen molar-refractivity contribution in [1.82, 2.24) is 5.32 Å². The standard InChI is InChI=1S/C18H17BrN2O5S/c19-13-3-9-16(10-4-13)27(24,25)21-15-5-1-12(2-6-15)18(23)26-11-17(22)20-14-7-8-14/h1-6,9-10,14,21H,7-8,11H2,(H,20,22). The molecule has 1 fully saturated rings. The van der Waals surface area contributed by atoms with Crippen molar-refractivity contribution in [2.75, 3.05) is 11.3 Å². The Morgan fingerprint density at radius 3 is 2.26 bits per heavy atom. The molecule has 2 aromatic carbocycles. The number of amides is 1. The number of ether oxygens (including phenoxy) is 1. The zero-order valence-corrected chi connectivity index (χ0v) is 16.5. The average molecular weight is 453 g/mol. The number of hydrogen-bond acceptors (Lipinski definition) is 5. The van der Waals surface area contributed by atoms with Crippen LogP contribution in [0.5, 0.6) is 0 Å². The van der Waals surface area contributed by atoms with Gasteiger partial charge in [0.2, 0.25) is 0 Å². The Balaban J connectivity index is 1.58. The maximum atomic E-state index is 12.3. The molecule has 0 bridgehead atoms. The fraction of sp³-hybridized carbons (Fsp3) is 0.222. The van der Waals surface area contributed by atoms with Gasteiger partial charge in [-0.15, -0.1) is 0 Å². The largest absolute Gasteiger partial charge is 0.452 e. The van der Waals surface area contributed by atoms with Gasteiger partial charge in [0.1, 0.15) is 0 Å². The van der Waals surface area contributed by atoms with E-state index < -0.39 is 16.0 Å². The van der Waals surface area contributed by atoms with Crippen LogP contribution < -0.4 is 10.0 Å². The topological polar surface area (TPSA) is 102 Å². The second-order valence-corrected chi connectivity index (χ2v) is 8.65. The van der Waals surface area contributed by atoms with E-state index in [9.17, 15) is 18.0 Å². The van der Waals surface area contributed by atoms with Gasteiger partial charge in [0.15, 0.2) is 6.61 Å². The lowest BCUT2D eigenvalue weighted by Gasteiger charge is -2.09. The molecular weight excluding hydrogens is 436 g/mol. The first-order valence-electron chi connectivity index (χ1n) is 8.18. The molecule has 2 N–H and O–H groups in total. The Kier molecular flexibility index (Phi) is 5.81. The van der Waals surface area contributed by atoms with Crippen molar-refractivity contribution in [3.63, 3.8) is 0 Å². The first kappa shape index (κ1) is 19.4. The van der Waals surface area contributed by atoms with Crippen LogP contribution in [-0.4, -0.2) is 32.9 Å². The number of anilines is 1. The first-order valence-corrected chi connectivity index (χ1v) is 10.5. The Bertz CT molecular complexity index is 939. The van der Waals surface area contributed by atoms with Crippen LogP contribution >= 0.6 is 15.9 Å². The summed E-state index contributed by atoms with van der Waals surface area (Å²) in [7, 11) is -3.73. The molecule has 0 unspecified atom stereocenters. The molecule has 0 spiro atoms. The number of carbonyl (C=O) groups is 2. The van der Waals surface area contributed by atoms with Gasteiger partial charge in [0.05, 0.1) is 10.5 Å². The van der Waals surface area contributed by atoms with Crippen molar-refractivity contribution < 1.29 is 22.7 Å². The van der Waals surface area contributed by atoms with E-state index in [0.29, 0.717) is 5.69 Å². The van der Waals surface area contributed by atoms with Crippen molar-refractivity contribution in [3.05, 3.63) is 58.6 Å². The third-order valence-electron chi connectivity index (χ3n) is 3.77. The second kappa shape index (κ2) is 8.10. The summed E-state index contributed by atoms with van der Waals surface area (Å²) in [6.45, 7) is -0.340. The van der Waals surface area contributed by atoms with Gasteiger partial charge in [-0.1, -0.05) is 15.9 Å². The number of sulfonamides is 1. The number of halogens is 1. The van der Waals surface area contributed by atoms with Crippen LogP contribution in [0.3, 0.4) is 0 Å². The lowest BCUT2D eigenvalue weighted by atomic mass is 10.2. The number of hydrogen-bond donors (Lipinski definition) is 2. The van der Waals surface area contributed by atoms with Gasteiger partial charge in [0, 0.05) is 16.2 Å². The van der Waals surface area contributed by atoms with Gasteiger partial charge in [-0.2, -0.15) is 0 Å². The molecule has 1 saturated carbocycles. The van der Waals surface area contributed by atoms with E-state index in [4.69, 9.17) is 4.74 Å². The number of esters is 1. The molecule has 1 aliphatic rings. The van der Waals surface area contributed by atoms with E-state index in [2.05, 4.69) is 26.0 Å². The second-order valence-electron chi connectivity index (χ2n) is 6.05. The number of nitrogens with one attached hydrogen (secondary N) is 2. The molecule has 3 rings (SSSR count). The van der Waals surface area contributed by atoms with Crippen LogP contribution in [0.15, 0.2) is 57.9 Å². The van der Waals surface area contributed by atoms with Crippen LogP contribution in [0.2, 0.25) is 0 Å². The van der Waals surface area contributed by atoms with Crippen molar-refractivity contribution >= 4 is 43.5 Å². The molecule has 1 aliphatic carbocycles. The van der Waals surface area contributed by atoms with Gasteiger partial charge >= 0.3 is 5.97 Å². The molecular formula is C18H17BrN2O5S. The van der Waals surface area contributed by atoms with Crippen molar-refractivity contribution in [2.24, 2.45) is 0 Å². The van der Waals surface area contributed by atoms with Gasteiger partial charge < -0.3 is 10.1 Å². The molecule has 9 heteroatoms. The zero-order chi connectivity index (χ0) is 19.4. The normalized spacial score (nSPS) is 13.7. The van der Waals surface area contributed by atoms with Crippen LogP contribution in [0, 0.1) is 0 Å². The summed E-state index contributed by atoms with van der Waals surface area (Å²) in [5.74, 6) is -0.979. The minimum absolute atomic E-state index is 0.121. The maximum absolute atomic E-state index is 12.3. The predicted molar refractivity (Wildman–Crippen MR) is 103 cm³/mol. The summed E-state index contributed by atoms with van der Waals surface area (Å²) in [6.07, 6.45) is 1.91. The van der Waals surface area contributed by atoms with Crippen LogP contribution in [-0.2, 0) is 19.6 Å². The van der Waals surface area contributed by atoms with Crippen LogP contribution in [0.25, 0.3) is 0 Å². The van der Waals surface area contributed by atoms with E-state index in [1.54, 1.807) is 12.1 Å². The molecule has 0 radical (unpaired) electrons. The molecule has 0 saturated heterocycles. The van der Waals surface area contributed by atoms with E-state index in [1.165, 1.54) is 36.4 Å². The van der Waals surface area contributed by atoms with Crippen LogP contribution in [0.4, 0.5) is 5.69 Å². The highest BCUT2D eigenvalue weighted by Crippen LogP contribution is 2.20. The Morgan fingerprint density at radius 1 is 1.04 bits per heavy atom. The molecule has 142 valence electrons. The molecule has 1 amide bonds. The lowest BCUT2D eigenvalue weighted by Crippen LogP contribution is -2.30. The van der Waals surface area contributed by atoms with E-state index in [1.807, 2.05) is 0 Å². The summed E-state index contributed by atoms with van der Waals surface area (Å²) in [6, 6.07) is 12.2. The molecule has 0 heterocycles. The lowest BCUT2D eigenvalue weighted by molar-refractivity contribution is -0.124. The van der Waals surface area contributed by atoms with Gasteiger partial charge in [-0.25, -0.2) is 13.2 Å². The summed E-state index contributed by atoms with van der Waals surface area (Å²) >= 11 is 3.25. The minimum atomic E-state index is -3.73. The molecule has 7 nitrogen and oxygen atoms in total. The quantitative estimate of drug-likeness (QED) is 0.628. The van der Waals surface area contributed by atoms with Crippen molar-refractivity contribution in [3.8, 4) is 0 Å². The van der Waals surface area contributed by atoms with Gasteiger partial charge in [0.25, 0.3) is 15.9 Å². The molecule has 0 atom stereocenters. The van der Waals surface area contributed by atoms with Crippen LogP contribution in [0.1, 0.15) is 23.2 Å². The molecule has 0 aromatic heterocycles. The SMILES string of the molecule is O=C(COC(=O)c1ccc(NS(=O)(=O)c2ccc(Br)cc2)cc1)NC1CC1. The third kappa shape index (κ3) is 5.54. The Morgan fingerprint density at radius 2 is 1.67 bits per heavy atom. The first-order chi connectivity index (χ1) is 12.8. The number of rotatable bonds is 7. The highest BCUT2D eigenvalue weighted by atomic mass is 79.9. The van der Waals surface area contributed by atoms with E-state index in [-0.39, 0.29) is 29.0 Å². The summed E-state index contributed by atoms with van der Waals surface area (Å²) in [5, 5.41) is 2.72. The third-order valence-corrected chi connectivity index (χ3v) is 5.70. The number of benzene rings is 2. The average Bonchev–Trinajstić information content (AvgIpc) is 3.44. The predicted octanol–water partition coefficient (Wildman–Crippen LogP) is 2.69. The van der Waals surface area contributed by atoms with E-state index >= 15 is 0 Å². The Hall–Kier alpha value is -2.39. The maximum Gasteiger partial charge on any atom is 0.338 e. The summed E-state index contributed by atoms with van der Waals surface area (Å²) < 4.78 is 32.8. The van der Waals surface area contributed by atoms with Crippen molar-refractivity contribution in [1.29, 1.82) is 0 Å². The van der Waals surface area contributed by atoms with Gasteiger partial charge in [-0.3, -0.25) is 9.52 Å². The fourth-order valence-electron chi connectivity index (χ4n) is 2.21. The summed E-state index contributed by atoms with van der Waals surface area (Å²) in [4.78, 5) is 23.6. The van der Waals surface area contributed by atoms with E-state index in [0.717, 1.165) is 17.3 Å². The molecule has 2 aromatic rings. The number of carbonyl (C=O) groups excluding carboxylic acids is 2. The molecule has 0 aliphatic heterocycles. The summed E-state index contributed by atoms with van der Waals surface area (Å²) in [5.41, 5.74) is 0.529. The zero-order valence-electron chi connectivity index (χ0n) is 14.1. The smallest absolute Gasteiger partial charge is 0.338 e. The highest BCUT2D eigenvalue weighted by Gasteiger charge is 2.23. The highest BCUT2D eigenvalue weighted by molar-refractivity contribution is 9.10. The molecule has 27 heavy (non-hydrogen) atoms. The monoisotopic (exact) mass is 452 g/mol.